The third kappa shape index (κ3) is 16.6. The van der Waals surface area contributed by atoms with Gasteiger partial charge < -0.3 is 33.5 Å². The minimum absolute atomic E-state index is 0.00285. The Morgan fingerprint density at radius 1 is 0.340 bits per heavy atom. The number of phenolic OH excluding ortho intramolecular Hbond substituents is 1. The number of halogens is 6. The summed E-state index contributed by atoms with van der Waals surface area (Å²) in [5, 5.41) is 9.76. The van der Waals surface area contributed by atoms with Crippen LogP contribution in [0, 0.1) is 29.1 Å². The normalized spacial score (nSPS) is 24.3. The summed E-state index contributed by atoms with van der Waals surface area (Å²) in [6.07, 6.45) is 7.79. The molecule has 6 fully saturated rings. The van der Waals surface area contributed by atoms with Crippen molar-refractivity contribution in [3.63, 3.8) is 0 Å². The molecule has 6 amide bonds. The van der Waals surface area contributed by atoms with Crippen molar-refractivity contribution < 1.29 is 84.2 Å². The lowest BCUT2D eigenvalue weighted by atomic mass is 9.93. The van der Waals surface area contributed by atoms with Gasteiger partial charge in [0.2, 0.25) is 0 Å². The van der Waals surface area contributed by atoms with Gasteiger partial charge in [-0.15, -0.1) is 0 Å². The van der Waals surface area contributed by atoms with Crippen molar-refractivity contribution in [1.82, 2.24) is 25.8 Å². The van der Waals surface area contributed by atoms with E-state index >= 15 is 0 Å². The van der Waals surface area contributed by atoms with Gasteiger partial charge in [0.15, 0.2) is 48.3 Å². The van der Waals surface area contributed by atoms with Crippen LogP contribution in [0.15, 0.2) is 144 Å². The van der Waals surface area contributed by atoms with Crippen LogP contribution in [0.2, 0.25) is 0 Å². The summed E-state index contributed by atoms with van der Waals surface area (Å²) >= 11 is 11.4. The fraction of sp³-hybridized carbons (Fsp3) is 0.364. The van der Waals surface area contributed by atoms with E-state index in [1.165, 1.54) is 158 Å². The summed E-state index contributed by atoms with van der Waals surface area (Å²) in [6.45, 7) is 0. The smallest absolute Gasteiger partial charge is 0.264 e. The first-order chi connectivity index (χ1) is 46.6. The summed E-state index contributed by atoms with van der Waals surface area (Å²) in [7, 11) is 8.93. The molecule has 97 heavy (non-hydrogen) atoms. The fourth-order valence-corrected chi connectivity index (χ4v) is 16.2. The molecule has 0 aliphatic carbocycles. The zero-order valence-corrected chi connectivity index (χ0v) is 60.9. The van der Waals surface area contributed by atoms with Crippen LogP contribution in [-0.4, -0.2) is 183 Å². The number of hydrogen-bond acceptors (Lipinski definition) is 19. The molecule has 6 aliphatic heterocycles. The van der Waals surface area contributed by atoms with Crippen LogP contribution in [0.3, 0.4) is 0 Å². The number of amides is 6. The summed E-state index contributed by atoms with van der Waals surface area (Å²) in [4.78, 5) is 69.6. The molecule has 0 spiro atoms. The first kappa shape index (κ1) is 78.3. The highest BCUT2D eigenvalue weighted by Gasteiger charge is 2.54. The van der Waals surface area contributed by atoms with Crippen molar-refractivity contribution in [3.05, 3.63) is 206 Å². The second kappa shape index (κ2) is 36.3. The van der Waals surface area contributed by atoms with Crippen LogP contribution >= 0.6 is 87.6 Å². The van der Waals surface area contributed by atoms with E-state index in [2.05, 4.69) is 15.9 Å². The lowest BCUT2D eigenvalue weighted by molar-refractivity contribution is -0.159. The Hall–Kier alpha value is -6.07. The van der Waals surface area contributed by atoms with Crippen LogP contribution in [0.1, 0.15) is 69.6 Å². The van der Waals surface area contributed by atoms with E-state index in [-0.39, 0.29) is 101 Å². The summed E-state index contributed by atoms with van der Waals surface area (Å²) in [6, 6.07) is 36.3. The number of methoxy groups -OCH3 is 6. The number of aromatic hydroxyl groups is 1. The van der Waals surface area contributed by atoms with E-state index in [0.717, 1.165) is 32.8 Å². The molecule has 12 rings (SSSR count). The number of benzene rings is 6. The molecule has 6 saturated heterocycles. The van der Waals surface area contributed by atoms with Gasteiger partial charge in [0.05, 0.1) is 0 Å². The first-order valence-corrected chi connectivity index (χ1v) is 37.1. The van der Waals surface area contributed by atoms with Crippen molar-refractivity contribution in [2.24, 2.45) is 0 Å². The van der Waals surface area contributed by atoms with Gasteiger partial charge in [-0.1, -0.05) is 179 Å². The molecule has 6 aromatic rings. The fourth-order valence-electron chi connectivity index (χ4n) is 11.3. The third-order valence-electron chi connectivity index (χ3n) is 16.1. The van der Waals surface area contributed by atoms with Gasteiger partial charge in [-0.3, -0.25) is 54.6 Å². The highest BCUT2D eigenvalue weighted by atomic mass is 79.9. The Morgan fingerprint density at radius 3 is 1.06 bits per heavy atom. The van der Waals surface area contributed by atoms with Crippen molar-refractivity contribution in [2.75, 3.05) is 80.2 Å². The Kier molecular flexibility index (Phi) is 29.3. The maximum Gasteiger partial charge on any atom is 0.264 e. The molecule has 0 aromatic heterocycles. The highest BCUT2D eigenvalue weighted by molar-refractivity contribution is 9.10. The van der Waals surface area contributed by atoms with E-state index in [4.69, 9.17) is 28.4 Å². The highest BCUT2D eigenvalue weighted by Crippen LogP contribution is 2.47. The lowest BCUT2D eigenvalue weighted by Crippen LogP contribution is -2.56. The average molecular weight is 1520 g/mol. The number of carbonyl (C=O) groups is 6. The summed E-state index contributed by atoms with van der Waals surface area (Å²) in [5.41, 5.74) is 4.11. The molecule has 0 radical (unpaired) electrons. The van der Waals surface area contributed by atoms with Crippen LogP contribution in [0.4, 0.5) is 22.0 Å². The Balaban J connectivity index is 0.000000164. The number of nitrogens with zero attached hydrogens (tertiary/aromatic N) is 6. The van der Waals surface area contributed by atoms with Crippen LogP contribution in [-0.2, 0) is 57.2 Å². The molecule has 6 aromatic carbocycles. The number of ether oxygens (including phenoxy) is 6. The third-order valence-corrected chi connectivity index (χ3v) is 21.6. The monoisotopic (exact) mass is 1520 g/mol. The van der Waals surface area contributed by atoms with Gasteiger partial charge >= 0.3 is 0 Å². The molecule has 6 aliphatic rings. The Labute approximate surface area is 594 Å². The quantitative estimate of drug-likeness (QED) is 0.0484. The van der Waals surface area contributed by atoms with E-state index in [1.54, 1.807) is 91.4 Å². The van der Waals surface area contributed by atoms with Gasteiger partial charge in [-0.25, -0.2) is 22.0 Å². The van der Waals surface area contributed by atoms with Gasteiger partial charge in [-0.2, -0.15) is 0 Å². The molecule has 0 bridgehead atoms. The number of hydrogen-bond donors (Lipinski definition) is 1. The van der Waals surface area contributed by atoms with Crippen LogP contribution < -0.4 is 0 Å². The zero-order chi connectivity index (χ0) is 71.1. The number of rotatable bonds is 18. The maximum absolute atomic E-state index is 13.6. The molecule has 522 valence electrons. The minimum Gasteiger partial charge on any atom is -0.508 e. The Bertz CT molecular complexity index is 3450. The molecule has 31 heteroatoms. The average Bonchev–Trinajstić information content (AvgIpc) is 0.808. The second-order valence-electron chi connectivity index (χ2n) is 21.0. The molecular weight excluding hydrogens is 1450 g/mol. The van der Waals surface area contributed by atoms with Crippen molar-refractivity contribution >= 4 is 123 Å². The van der Waals surface area contributed by atoms with Crippen LogP contribution in [0.25, 0.3) is 0 Å². The SMILES string of the molecule is COC1C(=O)N(SC)C1c1ccc(F)cc1.COC1C(=O)N(SC)C1c1cccc(F)c1.COC1C(=O)N(SC)C1c1cccc(F)c1F.COC1C(=O)N(SC)C1c1ccccc1Br.COC1C(=O)N(SC)C1c1ccccc1F.COC1C(=O)N(SC)C1c1ccccc1O. The summed E-state index contributed by atoms with van der Waals surface area (Å²) in [5.74, 6) is -2.98. The molecule has 12 unspecified atom stereocenters. The van der Waals surface area contributed by atoms with E-state index in [0.29, 0.717) is 5.56 Å². The van der Waals surface area contributed by atoms with Gasteiger partial charge in [0.1, 0.15) is 59.5 Å². The van der Waals surface area contributed by atoms with E-state index in [9.17, 15) is 55.8 Å². The lowest BCUT2D eigenvalue weighted by Gasteiger charge is -2.44. The standard InChI is InChI=1S/C11H12BrNO2S.C11H11F2NO2S.3C11H12FNO2S.C11H13NO3S/c1-15-10-9(13(16-2)11(10)14)7-5-3-4-6-8(7)12;1-16-10-9(14(17-2)11(10)15)6-4-3-5-7(12)8(6)13;1-15-10-9(13(16-2)11(10)14)7-3-5-8(12)6-4-7;1-15-10-9(13(16-2)11(10)14)7-4-3-5-8(12)6-7;1-15-10-9(13(16-2)11(10)14)7-5-3-4-6-8(7)12;1-15-10-9(12(16-2)11(10)14)7-5-3-4-6-8(7)13/h3-6,9-10H,1-2H3;3-5,9-10H,1-2H3;3*3-6,9-10H,1-2H3;3-6,9-10,13H,1-2H3. The minimum atomic E-state index is -0.925. The Morgan fingerprint density at radius 2 is 0.660 bits per heavy atom. The molecule has 12 atom stereocenters. The molecular formula is C66H72BrF5N6O13S6. The maximum atomic E-state index is 13.6. The number of para-hydroxylation sites is 1. The number of carbonyl (C=O) groups excluding carboxylic acids is 6. The summed E-state index contributed by atoms with van der Waals surface area (Å²) < 4.78 is 107. The van der Waals surface area contributed by atoms with Gasteiger partial charge in [0, 0.05) is 101 Å². The zero-order valence-electron chi connectivity index (χ0n) is 54.5. The number of β-lactam (4-membered cyclic amide) rings is 6. The topological polar surface area (TPSA) is 197 Å². The van der Waals surface area contributed by atoms with Crippen molar-refractivity contribution in [1.29, 1.82) is 0 Å². The van der Waals surface area contributed by atoms with Gasteiger partial charge in [0.25, 0.3) is 35.4 Å². The van der Waals surface area contributed by atoms with E-state index in [1.807, 2.05) is 61.4 Å². The van der Waals surface area contributed by atoms with Crippen molar-refractivity contribution in [3.8, 4) is 5.75 Å². The molecule has 19 nitrogen and oxygen atoms in total. The van der Waals surface area contributed by atoms with Gasteiger partial charge in [-0.05, 0) is 65.2 Å². The molecule has 1 N–H and O–H groups in total. The predicted molar refractivity (Wildman–Crippen MR) is 371 cm³/mol. The second-order valence-corrected chi connectivity index (χ2v) is 26.4. The van der Waals surface area contributed by atoms with Crippen LogP contribution in [0.5, 0.6) is 5.75 Å². The predicted octanol–water partition coefficient (Wildman–Crippen LogP) is 12.3. The first-order valence-electron chi connectivity index (χ1n) is 29.2. The largest absolute Gasteiger partial charge is 0.508 e. The van der Waals surface area contributed by atoms with E-state index < -0.39 is 48.2 Å². The molecule has 0 saturated carbocycles. The number of phenols is 1. The van der Waals surface area contributed by atoms with Crippen molar-refractivity contribution in [2.45, 2.75) is 72.9 Å². The molecule has 6 heterocycles.